The summed E-state index contributed by atoms with van der Waals surface area (Å²) in [5, 5.41) is 9.19. The minimum absolute atomic E-state index is 0.00124. The number of aromatic nitrogens is 1. The Morgan fingerprint density at radius 1 is 1.20 bits per heavy atom. The van der Waals surface area contributed by atoms with Crippen molar-refractivity contribution in [3.8, 4) is 17.0 Å². The first-order valence-electron chi connectivity index (χ1n) is 10.6. The first kappa shape index (κ1) is 20.7. The van der Waals surface area contributed by atoms with Gasteiger partial charge in [-0.15, -0.1) is 0 Å². The molecule has 2 aliphatic rings. The van der Waals surface area contributed by atoms with E-state index in [1.165, 1.54) is 5.56 Å². The molecular formula is C24H30N2O4. The van der Waals surface area contributed by atoms with Gasteiger partial charge in [-0.05, 0) is 69.0 Å². The second-order valence-electron chi connectivity index (χ2n) is 9.28. The van der Waals surface area contributed by atoms with Crippen LogP contribution in [0.2, 0.25) is 0 Å². The zero-order valence-electron chi connectivity index (χ0n) is 18.0. The Hall–Kier alpha value is -2.60. The number of pyridine rings is 1. The van der Waals surface area contributed by atoms with E-state index in [-0.39, 0.29) is 18.3 Å². The van der Waals surface area contributed by atoms with Crippen LogP contribution in [0.25, 0.3) is 11.3 Å². The molecule has 1 aromatic heterocycles. The quantitative estimate of drug-likeness (QED) is 0.798. The maximum absolute atomic E-state index is 12.3. The number of ether oxygens (including phenoxy) is 2. The predicted molar refractivity (Wildman–Crippen MR) is 114 cm³/mol. The van der Waals surface area contributed by atoms with Gasteiger partial charge in [-0.1, -0.05) is 6.07 Å². The van der Waals surface area contributed by atoms with E-state index in [0.29, 0.717) is 13.1 Å². The molecule has 0 bridgehead atoms. The first-order chi connectivity index (χ1) is 14.3. The van der Waals surface area contributed by atoms with Gasteiger partial charge in [0.05, 0.1) is 12.3 Å². The number of aliphatic hydroxyl groups is 1. The average molecular weight is 411 g/mol. The van der Waals surface area contributed by atoms with Crippen LogP contribution in [0.3, 0.4) is 0 Å². The molecule has 0 aliphatic carbocycles. The fourth-order valence-electron chi connectivity index (χ4n) is 4.14. The zero-order chi connectivity index (χ0) is 21.4. The van der Waals surface area contributed by atoms with Gasteiger partial charge in [0.25, 0.3) is 0 Å². The highest BCUT2D eigenvalue weighted by Crippen LogP contribution is 2.40. The zero-order valence-corrected chi connectivity index (χ0v) is 18.0. The number of likely N-dealkylation sites (tertiary alicyclic amines) is 1. The van der Waals surface area contributed by atoms with E-state index < -0.39 is 5.60 Å². The summed E-state index contributed by atoms with van der Waals surface area (Å²) in [6.07, 6.45) is 5.00. The molecule has 0 saturated carbocycles. The van der Waals surface area contributed by atoms with Crippen molar-refractivity contribution in [3.63, 3.8) is 0 Å². The van der Waals surface area contributed by atoms with Crippen molar-refractivity contribution in [2.24, 2.45) is 0 Å². The van der Waals surface area contributed by atoms with Crippen LogP contribution in [0.5, 0.6) is 5.75 Å². The van der Waals surface area contributed by atoms with Crippen molar-refractivity contribution in [2.45, 2.75) is 64.3 Å². The summed E-state index contributed by atoms with van der Waals surface area (Å²) < 4.78 is 12.0. The monoisotopic (exact) mass is 410 g/mol. The van der Waals surface area contributed by atoms with Crippen molar-refractivity contribution in [1.82, 2.24) is 9.88 Å². The molecule has 160 valence electrons. The molecule has 1 saturated heterocycles. The van der Waals surface area contributed by atoms with Crippen LogP contribution < -0.4 is 4.74 Å². The Morgan fingerprint density at radius 2 is 1.97 bits per heavy atom. The van der Waals surface area contributed by atoms with Crippen LogP contribution in [0.15, 0.2) is 36.5 Å². The van der Waals surface area contributed by atoms with E-state index in [0.717, 1.165) is 48.3 Å². The molecule has 0 radical (unpaired) electrons. The lowest BCUT2D eigenvalue weighted by Gasteiger charge is -2.44. The van der Waals surface area contributed by atoms with Gasteiger partial charge in [-0.3, -0.25) is 4.98 Å². The van der Waals surface area contributed by atoms with Crippen LogP contribution in [0, 0.1) is 0 Å². The molecule has 1 spiro atoms. The minimum atomic E-state index is -0.475. The van der Waals surface area contributed by atoms with Gasteiger partial charge in [-0.2, -0.15) is 0 Å². The third-order valence-corrected chi connectivity index (χ3v) is 5.87. The van der Waals surface area contributed by atoms with Crippen molar-refractivity contribution < 1.29 is 19.4 Å². The molecule has 4 rings (SSSR count). The first-order valence-corrected chi connectivity index (χ1v) is 10.6. The standard InChI is InChI=1S/C24H30N2O4/c1-23(2,3)30-22(28)26-12-10-24(11-13-26)9-8-19-14-18(5-7-21(19)29-24)20-6-4-17(16-27)15-25-20/h4-7,14-15,27H,8-13,16H2,1-3H3. The third kappa shape index (κ3) is 4.43. The Bertz CT molecular complexity index is 910. The fraction of sp³-hybridized carbons (Fsp3) is 0.500. The molecule has 0 atom stereocenters. The highest BCUT2D eigenvalue weighted by Gasteiger charge is 2.41. The lowest BCUT2D eigenvalue weighted by molar-refractivity contribution is -0.0272. The van der Waals surface area contributed by atoms with E-state index in [1.54, 1.807) is 11.1 Å². The summed E-state index contributed by atoms with van der Waals surface area (Å²) >= 11 is 0. The molecule has 1 fully saturated rings. The number of hydrogen-bond donors (Lipinski definition) is 1. The van der Waals surface area contributed by atoms with E-state index in [1.807, 2.05) is 45.0 Å². The van der Waals surface area contributed by atoms with E-state index in [9.17, 15) is 9.90 Å². The Balaban J connectivity index is 1.42. The SMILES string of the molecule is CC(C)(C)OC(=O)N1CCC2(CCc3cc(-c4ccc(CO)cn4)ccc3O2)CC1. The van der Waals surface area contributed by atoms with Crippen molar-refractivity contribution >= 4 is 6.09 Å². The summed E-state index contributed by atoms with van der Waals surface area (Å²) in [5.41, 5.74) is 3.27. The minimum Gasteiger partial charge on any atom is -0.487 e. The van der Waals surface area contributed by atoms with Crippen molar-refractivity contribution in [2.75, 3.05) is 13.1 Å². The van der Waals surface area contributed by atoms with Gasteiger partial charge in [0.1, 0.15) is 17.0 Å². The summed E-state index contributed by atoms with van der Waals surface area (Å²) in [4.78, 5) is 18.6. The maximum Gasteiger partial charge on any atom is 0.410 e. The van der Waals surface area contributed by atoms with Crippen molar-refractivity contribution in [1.29, 1.82) is 0 Å². The number of hydrogen-bond acceptors (Lipinski definition) is 5. The molecular weight excluding hydrogens is 380 g/mol. The lowest BCUT2D eigenvalue weighted by atomic mass is 9.83. The fourth-order valence-corrected chi connectivity index (χ4v) is 4.14. The van der Waals surface area contributed by atoms with E-state index in [4.69, 9.17) is 9.47 Å². The summed E-state index contributed by atoms with van der Waals surface area (Å²) in [6, 6.07) is 10.1. The molecule has 6 heteroatoms. The van der Waals surface area contributed by atoms with Crippen LogP contribution in [-0.4, -0.2) is 45.4 Å². The highest BCUT2D eigenvalue weighted by molar-refractivity contribution is 5.68. The molecule has 30 heavy (non-hydrogen) atoms. The second kappa shape index (κ2) is 7.91. The normalized spacial score (nSPS) is 17.9. The van der Waals surface area contributed by atoms with Gasteiger partial charge < -0.3 is 19.5 Å². The van der Waals surface area contributed by atoms with Gasteiger partial charge in [-0.25, -0.2) is 4.79 Å². The number of carbonyl (C=O) groups excluding carboxylic acids is 1. The van der Waals surface area contributed by atoms with Gasteiger partial charge in [0.15, 0.2) is 0 Å². The van der Waals surface area contributed by atoms with Gasteiger partial charge >= 0.3 is 6.09 Å². The lowest BCUT2D eigenvalue weighted by Crippen LogP contribution is -2.52. The summed E-state index contributed by atoms with van der Waals surface area (Å²) in [6.45, 7) is 6.98. The van der Waals surface area contributed by atoms with Crippen LogP contribution in [-0.2, 0) is 17.8 Å². The van der Waals surface area contributed by atoms with Crippen LogP contribution >= 0.6 is 0 Å². The highest BCUT2D eigenvalue weighted by atomic mass is 16.6. The van der Waals surface area contributed by atoms with Crippen molar-refractivity contribution in [3.05, 3.63) is 47.7 Å². The second-order valence-corrected chi connectivity index (χ2v) is 9.28. The number of carbonyl (C=O) groups is 1. The van der Waals surface area contributed by atoms with Gasteiger partial charge in [0.2, 0.25) is 0 Å². The van der Waals surface area contributed by atoms with Crippen LogP contribution in [0.1, 0.15) is 51.2 Å². The molecule has 3 heterocycles. The number of nitrogens with zero attached hydrogens (tertiary/aromatic N) is 2. The molecule has 1 amide bonds. The number of fused-ring (bicyclic) bond motifs is 1. The van der Waals surface area contributed by atoms with Gasteiger partial charge in [0, 0.05) is 37.7 Å². The molecule has 6 nitrogen and oxygen atoms in total. The molecule has 2 aliphatic heterocycles. The van der Waals surface area contributed by atoms with Crippen LogP contribution in [0.4, 0.5) is 4.79 Å². The molecule has 0 unspecified atom stereocenters. The van der Waals surface area contributed by atoms with E-state index in [2.05, 4.69) is 11.1 Å². The Labute approximate surface area is 177 Å². The molecule has 1 aromatic carbocycles. The smallest absolute Gasteiger partial charge is 0.410 e. The average Bonchev–Trinajstić information content (AvgIpc) is 2.73. The number of aliphatic hydroxyl groups excluding tert-OH is 1. The van der Waals surface area contributed by atoms with E-state index >= 15 is 0 Å². The molecule has 1 N–H and O–H groups in total. The predicted octanol–water partition coefficient (Wildman–Crippen LogP) is 4.34. The Morgan fingerprint density at radius 3 is 2.60 bits per heavy atom. The summed E-state index contributed by atoms with van der Waals surface area (Å²) in [5.74, 6) is 0.933. The largest absolute Gasteiger partial charge is 0.487 e. The summed E-state index contributed by atoms with van der Waals surface area (Å²) in [7, 11) is 0. The Kier molecular flexibility index (Phi) is 5.45. The molecule has 2 aromatic rings. The number of piperidine rings is 1. The maximum atomic E-state index is 12.3. The number of benzene rings is 1. The third-order valence-electron chi connectivity index (χ3n) is 5.87. The number of rotatable bonds is 2. The number of amides is 1. The number of aryl methyl sites for hydroxylation is 1. The topological polar surface area (TPSA) is 71.9 Å².